The van der Waals surface area contributed by atoms with Gasteiger partial charge in [0.15, 0.2) is 5.96 Å². The number of rotatable bonds is 6. The lowest BCUT2D eigenvalue weighted by molar-refractivity contribution is 0.0243. The third-order valence-corrected chi connectivity index (χ3v) is 7.40. The van der Waals surface area contributed by atoms with Gasteiger partial charge in [-0.1, -0.05) is 18.6 Å². The third-order valence-electron chi connectivity index (χ3n) is 5.49. The van der Waals surface area contributed by atoms with Gasteiger partial charge in [0.2, 0.25) is 10.0 Å². The Morgan fingerprint density at radius 3 is 2.46 bits per heavy atom. The standard InChI is InChI=1S/C20H32N4O3S/c1-20(11-6-14-27-20)16-23-19(21-2)22-15-17-7-9-18(10-8-17)28(25,26)24-12-4-3-5-13-24/h7-10H,3-6,11-16H2,1-2H3,(H2,21,22,23). The molecule has 0 radical (unpaired) electrons. The van der Waals surface area contributed by atoms with Crippen molar-refractivity contribution in [2.75, 3.05) is 33.3 Å². The van der Waals surface area contributed by atoms with E-state index in [0.717, 1.165) is 44.3 Å². The van der Waals surface area contributed by atoms with Crippen LogP contribution in [-0.4, -0.2) is 57.6 Å². The monoisotopic (exact) mass is 408 g/mol. The molecule has 0 aromatic heterocycles. The summed E-state index contributed by atoms with van der Waals surface area (Å²) in [6.45, 7) is 5.45. The Labute approximate surface area is 168 Å². The molecule has 1 aromatic rings. The van der Waals surface area contributed by atoms with E-state index in [1.165, 1.54) is 0 Å². The van der Waals surface area contributed by atoms with Gasteiger partial charge in [-0.25, -0.2) is 8.42 Å². The summed E-state index contributed by atoms with van der Waals surface area (Å²) in [5.41, 5.74) is 0.867. The first-order valence-corrected chi connectivity index (χ1v) is 11.5. The molecule has 1 aromatic carbocycles. The molecule has 0 spiro atoms. The fourth-order valence-corrected chi connectivity index (χ4v) is 5.20. The minimum Gasteiger partial charge on any atom is -0.373 e. The van der Waals surface area contributed by atoms with E-state index < -0.39 is 10.0 Å². The summed E-state index contributed by atoms with van der Waals surface area (Å²) in [5.74, 6) is 0.710. The Morgan fingerprint density at radius 2 is 1.86 bits per heavy atom. The maximum absolute atomic E-state index is 12.7. The largest absolute Gasteiger partial charge is 0.373 e. The number of benzene rings is 1. The molecule has 2 fully saturated rings. The summed E-state index contributed by atoms with van der Waals surface area (Å²) in [4.78, 5) is 4.62. The number of aliphatic imine (C=N–C) groups is 1. The molecule has 2 aliphatic heterocycles. The summed E-state index contributed by atoms with van der Waals surface area (Å²) >= 11 is 0. The number of nitrogens with zero attached hydrogens (tertiary/aromatic N) is 2. The molecule has 28 heavy (non-hydrogen) atoms. The summed E-state index contributed by atoms with van der Waals surface area (Å²) in [6.07, 6.45) is 5.13. The molecule has 3 rings (SSSR count). The fraction of sp³-hybridized carbons (Fsp3) is 0.650. The molecule has 2 N–H and O–H groups in total. The molecule has 0 aliphatic carbocycles. The van der Waals surface area contributed by atoms with Gasteiger partial charge in [0, 0.05) is 39.8 Å². The molecule has 0 saturated carbocycles. The first kappa shape index (κ1) is 21.1. The molecule has 0 amide bonds. The minimum atomic E-state index is -3.38. The molecule has 1 atom stereocenters. The number of nitrogens with one attached hydrogen (secondary N) is 2. The van der Waals surface area contributed by atoms with Gasteiger partial charge < -0.3 is 15.4 Å². The van der Waals surface area contributed by atoms with Gasteiger partial charge in [-0.2, -0.15) is 4.31 Å². The predicted octanol–water partition coefficient (Wildman–Crippen LogP) is 2.10. The summed E-state index contributed by atoms with van der Waals surface area (Å²) in [7, 11) is -1.64. The van der Waals surface area contributed by atoms with Crippen molar-refractivity contribution in [1.29, 1.82) is 0 Å². The molecule has 2 heterocycles. The number of hydrogen-bond acceptors (Lipinski definition) is 4. The van der Waals surface area contributed by atoms with E-state index in [-0.39, 0.29) is 5.60 Å². The van der Waals surface area contributed by atoms with E-state index in [1.54, 1.807) is 23.5 Å². The first-order valence-electron chi connectivity index (χ1n) is 10.1. The summed E-state index contributed by atoms with van der Waals surface area (Å²) in [6, 6.07) is 7.12. The van der Waals surface area contributed by atoms with Crippen LogP contribution in [0.4, 0.5) is 0 Å². The number of piperidine rings is 1. The second-order valence-electron chi connectivity index (χ2n) is 7.79. The third kappa shape index (κ3) is 5.24. The Hall–Kier alpha value is -1.64. The van der Waals surface area contributed by atoms with Crippen LogP contribution >= 0.6 is 0 Å². The second kappa shape index (κ2) is 9.24. The van der Waals surface area contributed by atoms with E-state index in [1.807, 2.05) is 12.1 Å². The average Bonchev–Trinajstić information content (AvgIpc) is 3.16. The van der Waals surface area contributed by atoms with Crippen molar-refractivity contribution in [3.05, 3.63) is 29.8 Å². The second-order valence-corrected chi connectivity index (χ2v) is 9.73. The van der Waals surface area contributed by atoms with Crippen LogP contribution in [0.1, 0.15) is 44.6 Å². The Bertz CT molecular complexity index is 765. The highest BCUT2D eigenvalue weighted by atomic mass is 32.2. The highest BCUT2D eigenvalue weighted by Crippen LogP contribution is 2.24. The van der Waals surface area contributed by atoms with Crippen LogP contribution in [-0.2, 0) is 21.3 Å². The summed E-state index contributed by atoms with van der Waals surface area (Å²) in [5, 5.41) is 6.58. The molecular weight excluding hydrogens is 376 g/mol. The SMILES string of the molecule is CN=C(NCc1ccc(S(=O)(=O)N2CCCCC2)cc1)NCC1(C)CCCO1. The fourth-order valence-electron chi connectivity index (χ4n) is 3.69. The van der Waals surface area contributed by atoms with Gasteiger partial charge in [-0.05, 0) is 50.3 Å². The van der Waals surface area contributed by atoms with E-state index in [2.05, 4.69) is 22.5 Å². The maximum Gasteiger partial charge on any atom is 0.243 e. The maximum atomic E-state index is 12.7. The van der Waals surface area contributed by atoms with Crippen molar-refractivity contribution < 1.29 is 13.2 Å². The van der Waals surface area contributed by atoms with E-state index in [4.69, 9.17) is 4.74 Å². The van der Waals surface area contributed by atoms with Crippen molar-refractivity contribution >= 4 is 16.0 Å². The number of hydrogen-bond donors (Lipinski definition) is 2. The average molecular weight is 409 g/mol. The van der Waals surface area contributed by atoms with Crippen LogP contribution in [0.25, 0.3) is 0 Å². The molecule has 7 nitrogen and oxygen atoms in total. The lowest BCUT2D eigenvalue weighted by atomic mass is 10.0. The van der Waals surface area contributed by atoms with Crippen molar-refractivity contribution in [3.8, 4) is 0 Å². The number of sulfonamides is 1. The minimum absolute atomic E-state index is 0.137. The van der Waals surface area contributed by atoms with Crippen molar-refractivity contribution in [2.45, 2.75) is 56.1 Å². The smallest absolute Gasteiger partial charge is 0.243 e. The molecular formula is C20H32N4O3S. The molecule has 2 saturated heterocycles. The zero-order valence-corrected chi connectivity index (χ0v) is 17.7. The molecule has 2 aliphatic rings. The number of guanidine groups is 1. The Morgan fingerprint density at radius 1 is 1.14 bits per heavy atom. The molecule has 156 valence electrons. The molecule has 0 bridgehead atoms. The van der Waals surface area contributed by atoms with E-state index >= 15 is 0 Å². The van der Waals surface area contributed by atoms with Gasteiger partial charge in [-0.3, -0.25) is 4.99 Å². The Balaban J connectivity index is 1.53. The lowest BCUT2D eigenvalue weighted by Gasteiger charge is -2.26. The normalized spacial score (nSPS) is 24.3. The van der Waals surface area contributed by atoms with Crippen molar-refractivity contribution in [3.63, 3.8) is 0 Å². The topological polar surface area (TPSA) is 83.0 Å². The van der Waals surface area contributed by atoms with Crippen molar-refractivity contribution in [1.82, 2.24) is 14.9 Å². The first-order chi connectivity index (χ1) is 13.4. The summed E-state index contributed by atoms with van der Waals surface area (Å²) < 4.78 is 32.8. The number of ether oxygens (including phenoxy) is 1. The highest BCUT2D eigenvalue weighted by Gasteiger charge is 2.29. The lowest BCUT2D eigenvalue weighted by Crippen LogP contribution is -2.45. The van der Waals surface area contributed by atoms with Gasteiger partial charge in [0.25, 0.3) is 0 Å². The van der Waals surface area contributed by atoms with Crippen LogP contribution in [0.3, 0.4) is 0 Å². The van der Waals surface area contributed by atoms with Crippen LogP contribution in [0, 0.1) is 0 Å². The van der Waals surface area contributed by atoms with Gasteiger partial charge in [0.1, 0.15) is 0 Å². The van der Waals surface area contributed by atoms with Gasteiger partial charge >= 0.3 is 0 Å². The van der Waals surface area contributed by atoms with Crippen molar-refractivity contribution in [2.24, 2.45) is 4.99 Å². The van der Waals surface area contributed by atoms with Gasteiger partial charge in [-0.15, -0.1) is 0 Å². The van der Waals surface area contributed by atoms with Crippen LogP contribution in [0.2, 0.25) is 0 Å². The zero-order chi connectivity index (χ0) is 20.0. The molecule has 1 unspecified atom stereocenters. The zero-order valence-electron chi connectivity index (χ0n) is 16.9. The van der Waals surface area contributed by atoms with Crippen LogP contribution in [0.15, 0.2) is 34.2 Å². The molecule has 8 heteroatoms. The van der Waals surface area contributed by atoms with E-state index in [0.29, 0.717) is 37.0 Å². The van der Waals surface area contributed by atoms with Gasteiger partial charge in [0.05, 0.1) is 10.5 Å². The highest BCUT2D eigenvalue weighted by molar-refractivity contribution is 7.89. The predicted molar refractivity (Wildman–Crippen MR) is 111 cm³/mol. The van der Waals surface area contributed by atoms with Crippen LogP contribution < -0.4 is 10.6 Å². The van der Waals surface area contributed by atoms with E-state index in [9.17, 15) is 8.42 Å². The Kier molecular flexibility index (Phi) is 6.95. The quantitative estimate of drug-likeness (QED) is 0.556. The van der Waals surface area contributed by atoms with Crippen LogP contribution in [0.5, 0.6) is 0 Å².